The summed E-state index contributed by atoms with van der Waals surface area (Å²) in [5.41, 5.74) is 0. The Kier molecular flexibility index (Phi) is 7.41. The summed E-state index contributed by atoms with van der Waals surface area (Å²) in [7, 11) is 0. The van der Waals surface area contributed by atoms with Gasteiger partial charge in [-0.05, 0) is 6.26 Å². The Morgan fingerprint density at radius 3 is 2.07 bits per heavy atom. The molecule has 1 rings (SSSR count). The molecule has 84 valence electrons. The number of aryl methyl sites for hydroxylation is 1. The Hall–Kier alpha value is -0.798. The molecule has 0 bridgehead atoms. The van der Waals surface area contributed by atoms with E-state index in [1.54, 1.807) is 6.07 Å². The second kappa shape index (κ2) is 6.63. The number of rotatable bonds is 0. The molecule has 0 saturated carbocycles. The Morgan fingerprint density at radius 2 is 2.00 bits per heavy atom. The minimum atomic E-state index is -5.08. The summed E-state index contributed by atoms with van der Waals surface area (Å²) in [5, 5.41) is 7.12. The molecular weight excluding hydrogens is 295 g/mol. The number of hydrogen-bond donors (Lipinski definition) is 1. The quantitative estimate of drug-likeness (QED) is 0.589. The van der Waals surface area contributed by atoms with Gasteiger partial charge in [0.1, 0.15) is 0 Å². The van der Waals surface area contributed by atoms with Crippen LogP contribution in [-0.2, 0) is 25.2 Å². The van der Waals surface area contributed by atoms with Crippen LogP contribution in [0.3, 0.4) is 0 Å². The summed E-state index contributed by atoms with van der Waals surface area (Å²) in [4.78, 5) is 8.90. The molecule has 1 aromatic heterocycles. The molecule has 0 aliphatic rings. The van der Waals surface area contributed by atoms with Gasteiger partial charge >= 0.3 is 12.1 Å². The molecule has 0 amide bonds. The Morgan fingerprint density at radius 1 is 1.57 bits per heavy atom. The molecule has 0 spiro atoms. The molecule has 0 aliphatic heterocycles. The normalized spacial score (nSPS) is 9.43. The zero-order chi connectivity index (χ0) is 10.5. The van der Waals surface area contributed by atoms with Crippen LogP contribution in [0.2, 0.25) is 0 Å². The van der Waals surface area contributed by atoms with E-state index in [9.17, 15) is 13.2 Å². The molecule has 0 aliphatic carbocycles. The van der Waals surface area contributed by atoms with Crippen molar-refractivity contribution in [2.24, 2.45) is 0 Å². The van der Waals surface area contributed by atoms with Crippen molar-refractivity contribution in [3.8, 4) is 0 Å². The summed E-state index contributed by atoms with van der Waals surface area (Å²) in [6, 6.07) is 3.61. The molecule has 1 aromatic rings. The van der Waals surface area contributed by atoms with Gasteiger partial charge in [-0.2, -0.15) is 19.2 Å². The number of halogens is 3. The standard InChI is InChI=1S/C5H5O.C2HF3O2.Pd/c1-5-3-2-4-6-5;3-2(4,5)1(6)7;/h2-3H,1H3;(H,6,7);/q-1;;. The maximum Gasteiger partial charge on any atom is 0.490 e. The third-order valence-corrected chi connectivity index (χ3v) is 0.848. The number of hydrogen-bond acceptors (Lipinski definition) is 2. The number of carbonyl (C=O) groups is 1. The van der Waals surface area contributed by atoms with Gasteiger partial charge < -0.3 is 9.52 Å². The van der Waals surface area contributed by atoms with Crippen LogP contribution < -0.4 is 0 Å². The van der Waals surface area contributed by atoms with Gasteiger partial charge in [-0.1, -0.05) is 12.7 Å². The maximum atomic E-state index is 10.6. The molecule has 14 heavy (non-hydrogen) atoms. The summed E-state index contributed by atoms with van der Waals surface area (Å²) in [5.74, 6) is -1.84. The molecular formula is C7H6F3O3Pd-. The van der Waals surface area contributed by atoms with Crippen molar-refractivity contribution in [1.29, 1.82) is 0 Å². The average Bonchev–Trinajstić information content (AvgIpc) is 2.38. The Labute approximate surface area is 91.6 Å². The van der Waals surface area contributed by atoms with Crippen molar-refractivity contribution in [2.45, 2.75) is 13.1 Å². The smallest absolute Gasteiger partial charge is 0.490 e. The SMILES string of the molecule is Cc1cc[c-]o1.O=C(O)C(F)(F)F.[Pd]. The van der Waals surface area contributed by atoms with Crippen LogP contribution in [-0.4, -0.2) is 17.3 Å². The van der Waals surface area contributed by atoms with E-state index < -0.39 is 12.1 Å². The minimum Gasteiger partial charge on any atom is -0.596 e. The van der Waals surface area contributed by atoms with Crippen LogP contribution in [0.25, 0.3) is 0 Å². The molecule has 1 heterocycles. The molecule has 0 radical (unpaired) electrons. The molecule has 0 aromatic carbocycles. The zero-order valence-electron chi connectivity index (χ0n) is 6.87. The van der Waals surface area contributed by atoms with E-state index in [1.807, 2.05) is 13.0 Å². The van der Waals surface area contributed by atoms with Gasteiger partial charge in [0.15, 0.2) is 0 Å². The first kappa shape index (κ1) is 15.7. The first-order valence-electron chi connectivity index (χ1n) is 3.06. The van der Waals surface area contributed by atoms with Crippen LogP contribution in [0, 0.1) is 13.2 Å². The van der Waals surface area contributed by atoms with Crippen molar-refractivity contribution < 1.29 is 47.9 Å². The monoisotopic (exact) mass is 301 g/mol. The van der Waals surface area contributed by atoms with Gasteiger partial charge in [-0.3, -0.25) is 0 Å². The number of carboxylic acids is 1. The van der Waals surface area contributed by atoms with Crippen molar-refractivity contribution in [3.05, 3.63) is 24.2 Å². The topological polar surface area (TPSA) is 50.4 Å². The molecule has 0 saturated heterocycles. The van der Waals surface area contributed by atoms with E-state index in [0.29, 0.717) is 0 Å². The second-order valence-electron chi connectivity index (χ2n) is 1.97. The average molecular weight is 302 g/mol. The van der Waals surface area contributed by atoms with Crippen molar-refractivity contribution >= 4 is 5.97 Å². The van der Waals surface area contributed by atoms with Crippen LogP contribution >= 0.6 is 0 Å². The summed E-state index contributed by atoms with van der Waals surface area (Å²) in [6.45, 7) is 1.89. The molecule has 7 heteroatoms. The van der Waals surface area contributed by atoms with Gasteiger partial charge in [0.25, 0.3) is 0 Å². The van der Waals surface area contributed by atoms with E-state index in [-0.39, 0.29) is 20.4 Å². The third-order valence-electron chi connectivity index (χ3n) is 0.848. The Balaban J connectivity index is 0. The van der Waals surface area contributed by atoms with Crippen molar-refractivity contribution in [2.75, 3.05) is 0 Å². The van der Waals surface area contributed by atoms with Gasteiger partial charge in [0.05, 0.1) is 0 Å². The Bertz CT molecular complexity index is 256. The fourth-order valence-electron chi connectivity index (χ4n) is 0.312. The predicted molar refractivity (Wildman–Crippen MR) is 36.0 cm³/mol. The number of aliphatic carboxylic acids is 1. The fourth-order valence-corrected chi connectivity index (χ4v) is 0.312. The van der Waals surface area contributed by atoms with Crippen LogP contribution in [0.1, 0.15) is 5.76 Å². The maximum absolute atomic E-state index is 10.6. The van der Waals surface area contributed by atoms with Gasteiger partial charge in [-0.25, -0.2) is 4.79 Å². The van der Waals surface area contributed by atoms with Crippen LogP contribution in [0.4, 0.5) is 13.2 Å². The third kappa shape index (κ3) is 7.83. The van der Waals surface area contributed by atoms with Crippen LogP contribution in [0.15, 0.2) is 16.5 Å². The first-order chi connectivity index (χ1) is 5.84. The molecule has 3 nitrogen and oxygen atoms in total. The van der Waals surface area contributed by atoms with E-state index in [1.165, 1.54) is 0 Å². The van der Waals surface area contributed by atoms with Crippen molar-refractivity contribution in [3.63, 3.8) is 0 Å². The minimum absolute atomic E-state index is 0. The zero-order valence-corrected chi connectivity index (χ0v) is 8.42. The summed E-state index contributed by atoms with van der Waals surface area (Å²) in [6.07, 6.45) is -2.53. The summed E-state index contributed by atoms with van der Waals surface area (Å²) >= 11 is 0. The van der Waals surface area contributed by atoms with Gasteiger partial charge in [0.2, 0.25) is 0 Å². The fraction of sp³-hybridized carbons (Fsp3) is 0.286. The van der Waals surface area contributed by atoms with E-state index >= 15 is 0 Å². The number of alkyl halides is 3. The largest absolute Gasteiger partial charge is 0.596 e. The molecule has 0 fully saturated rings. The molecule has 0 atom stereocenters. The molecule has 0 unspecified atom stereocenters. The second-order valence-corrected chi connectivity index (χ2v) is 1.97. The van der Waals surface area contributed by atoms with Crippen LogP contribution in [0.5, 0.6) is 0 Å². The number of carboxylic acid groups (broad SMARTS) is 1. The van der Waals surface area contributed by atoms with Gasteiger partial charge in [0, 0.05) is 20.4 Å². The summed E-state index contributed by atoms with van der Waals surface area (Å²) < 4.78 is 36.4. The predicted octanol–water partition coefficient (Wildman–Crippen LogP) is 2.02. The van der Waals surface area contributed by atoms with Crippen molar-refractivity contribution in [1.82, 2.24) is 0 Å². The first-order valence-corrected chi connectivity index (χ1v) is 3.06. The molecule has 1 N–H and O–H groups in total. The van der Waals surface area contributed by atoms with Gasteiger partial charge in [-0.15, -0.1) is 6.07 Å². The van der Waals surface area contributed by atoms with E-state index in [2.05, 4.69) is 6.26 Å². The van der Waals surface area contributed by atoms with E-state index in [4.69, 9.17) is 14.3 Å². The number of furan rings is 1. The van der Waals surface area contributed by atoms with E-state index in [0.717, 1.165) is 5.76 Å².